The van der Waals surface area contributed by atoms with Crippen molar-refractivity contribution in [1.29, 1.82) is 0 Å². The van der Waals surface area contributed by atoms with Gasteiger partial charge < -0.3 is 10.2 Å². The Bertz CT molecular complexity index is 579. The highest BCUT2D eigenvalue weighted by Crippen LogP contribution is 2.16. The molecule has 1 aromatic heterocycles. The zero-order chi connectivity index (χ0) is 15.2. The Morgan fingerprint density at radius 1 is 1.14 bits per heavy atom. The van der Waals surface area contributed by atoms with Gasteiger partial charge in [0.1, 0.15) is 0 Å². The molecule has 1 heterocycles. The molecule has 0 fully saturated rings. The Kier molecular flexibility index (Phi) is 4.93. The second kappa shape index (κ2) is 6.88. The van der Waals surface area contributed by atoms with Crippen LogP contribution in [0.1, 0.15) is 24.2 Å². The number of hydrogen-bond donors (Lipinski definition) is 1. The van der Waals surface area contributed by atoms with Gasteiger partial charge in [0.15, 0.2) is 0 Å². The number of anilines is 2. The highest BCUT2D eigenvalue weighted by Gasteiger charge is 2.08. The summed E-state index contributed by atoms with van der Waals surface area (Å²) >= 11 is 0. The summed E-state index contributed by atoms with van der Waals surface area (Å²) in [5, 5.41) is 2.85. The van der Waals surface area contributed by atoms with Gasteiger partial charge in [0, 0.05) is 42.9 Å². The van der Waals surface area contributed by atoms with E-state index < -0.39 is 0 Å². The summed E-state index contributed by atoms with van der Waals surface area (Å²) < 4.78 is 0. The normalized spacial score (nSPS) is 10.5. The molecule has 0 saturated heterocycles. The lowest BCUT2D eigenvalue weighted by atomic mass is 10.1. The maximum absolute atomic E-state index is 12.1. The smallest absolute Gasteiger partial charge is 0.255 e. The van der Waals surface area contributed by atoms with Crippen LogP contribution in [0.4, 0.5) is 11.4 Å². The van der Waals surface area contributed by atoms with E-state index >= 15 is 0 Å². The van der Waals surface area contributed by atoms with E-state index in [2.05, 4.69) is 36.1 Å². The van der Waals surface area contributed by atoms with E-state index in [1.54, 1.807) is 24.5 Å². The summed E-state index contributed by atoms with van der Waals surface area (Å²) in [6.45, 7) is 5.36. The van der Waals surface area contributed by atoms with Crippen LogP contribution < -0.4 is 10.2 Å². The lowest BCUT2D eigenvalue weighted by Crippen LogP contribution is -2.22. The zero-order valence-corrected chi connectivity index (χ0v) is 12.7. The quantitative estimate of drug-likeness (QED) is 0.914. The number of rotatable bonds is 5. The first-order chi connectivity index (χ1) is 10.1. The van der Waals surface area contributed by atoms with Crippen LogP contribution >= 0.6 is 0 Å². The average Bonchev–Trinajstić information content (AvgIpc) is 2.47. The van der Waals surface area contributed by atoms with E-state index in [-0.39, 0.29) is 5.91 Å². The van der Waals surface area contributed by atoms with Crippen molar-refractivity contribution in [3.8, 4) is 0 Å². The van der Waals surface area contributed by atoms with Gasteiger partial charge in [0.05, 0.1) is 0 Å². The number of amides is 1. The minimum atomic E-state index is -0.112. The number of nitrogens with one attached hydrogen (secondary N) is 1. The van der Waals surface area contributed by atoms with E-state index in [1.807, 2.05) is 24.3 Å². The topological polar surface area (TPSA) is 45.2 Å². The molecule has 4 nitrogen and oxygen atoms in total. The van der Waals surface area contributed by atoms with Gasteiger partial charge in [0.2, 0.25) is 0 Å². The van der Waals surface area contributed by atoms with Gasteiger partial charge in [0.25, 0.3) is 5.91 Å². The summed E-state index contributed by atoms with van der Waals surface area (Å²) in [7, 11) is 2.06. The van der Waals surface area contributed by atoms with Gasteiger partial charge in [-0.25, -0.2) is 0 Å². The van der Waals surface area contributed by atoms with Crippen LogP contribution in [0, 0.1) is 5.92 Å². The fourth-order valence-electron chi connectivity index (χ4n) is 2.16. The third kappa shape index (κ3) is 4.31. The SMILES string of the molecule is CC(C)CN(C)c1ccc(C(=O)Nc2ccncc2)cc1. The van der Waals surface area contributed by atoms with Crippen molar-refractivity contribution >= 4 is 17.3 Å². The van der Waals surface area contributed by atoms with E-state index in [0.717, 1.165) is 17.9 Å². The molecule has 0 bridgehead atoms. The van der Waals surface area contributed by atoms with E-state index in [0.29, 0.717) is 11.5 Å². The first-order valence-corrected chi connectivity index (χ1v) is 7.09. The van der Waals surface area contributed by atoms with Gasteiger partial charge in [-0.2, -0.15) is 0 Å². The van der Waals surface area contributed by atoms with Crippen LogP contribution in [-0.4, -0.2) is 24.5 Å². The summed E-state index contributed by atoms with van der Waals surface area (Å²) in [6.07, 6.45) is 3.30. The summed E-state index contributed by atoms with van der Waals surface area (Å²) in [4.78, 5) is 18.2. The molecular weight excluding hydrogens is 262 g/mol. The van der Waals surface area contributed by atoms with Crippen molar-refractivity contribution in [2.75, 3.05) is 23.8 Å². The summed E-state index contributed by atoms with van der Waals surface area (Å²) in [5.41, 5.74) is 2.51. The fraction of sp³-hybridized carbons (Fsp3) is 0.294. The monoisotopic (exact) mass is 283 g/mol. The third-order valence-electron chi connectivity index (χ3n) is 3.15. The minimum Gasteiger partial charge on any atom is -0.374 e. The Morgan fingerprint density at radius 2 is 1.76 bits per heavy atom. The number of nitrogens with zero attached hydrogens (tertiary/aromatic N) is 2. The molecule has 4 heteroatoms. The fourth-order valence-corrected chi connectivity index (χ4v) is 2.16. The molecule has 0 aliphatic rings. The molecule has 1 N–H and O–H groups in total. The maximum Gasteiger partial charge on any atom is 0.255 e. The van der Waals surface area contributed by atoms with Crippen LogP contribution in [0.5, 0.6) is 0 Å². The van der Waals surface area contributed by atoms with Crippen LogP contribution in [-0.2, 0) is 0 Å². The van der Waals surface area contributed by atoms with Crippen LogP contribution in [0.25, 0.3) is 0 Å². The molecule has 0 aliphatic heterocycles. The molecule has 0 unspecified atom stereocenters. The van der Waals surface area contributed by atoms with Crippen molar-refractivity contribution in [3.63, 3.8) is 0 Å². The van der Waals surface area contributed by atoms with Crippen LogP contribution in [0.3, 0.4) is 0 Å². The largest absolute Gasteiger partial charge is 0.374 e. The lowest BCUT2D eigenvalue weighted by Gasteiger charge is -2.21. The van der Waals surface area contributed by atoms with Crippen LogP contribution in [0.15, 0.2) is 48.8 Å². The van der Waals surface area contributed by atoms with Gasteiger partial charge in [-0.3, -0.25) is 9.78 Å². The Labute approximate surface area is 125 Å². The number of benzene rings is 1. The maximum atomic E-state index is 12.1. The molecule has 1 amide bonds. The van der Waals surface area contributed by atoms with Crippen molar-refractivity contribution in [1.82, 2.24) is 4.98 Å². The molecule has 2 aromatic rings. The van der Waals surface area contributed by atoms with E-state index in [1.165, 1.54) is 0 Å². The highest BCUT2D eigenvalue weighted by molar-refractivity contribution is 6.04. The Balaban J connectivity index is 2.03. The van der Waals surface area contributed by atoms with Gasteiger partial charge >= 0.3 is 0 Å². The van der Waals surface area contributed by atoms with Gasteiger partial charge in [-0.15, -0.1) is 0 Å². The van der Waals surface area contributed by atoms with E-state index in [4.69, 9.17) is 0 Å². The molecule has 0 aliphatic carbocycles. The zero-order valence-electron chi connectivity index (χ0n) is 12.7. The number of carbonyl (C=O) groups excluding carboxylic acids is 1. The predicted octanol–water partition coefficient (Wildman–Crippen LogP) is 3.43. The molecule has 0 atom stereocenters. The van der Waals surface area contributed by atoms with Crippen molar-refractivity contribution in [2.24, 2.45) is 5.92 Å². The molecule has 0 radical (unpaired) electrons. The molecule has 0 spiro atoms. The molecule has 1 aromatic carbocycles. The first-order valence-electron chi connectivity index (χ1n) is 7.09. The minimum absolute atomic E-state index is 0.112. The van der Waals surface area contributed by atoms with Crippen molar-refractivity contribution in [2.45, 2.75) is 13.8 Å². The molecule has 21 heavy (non-hydrogen) atoms. The third-order valence-corrected chi connectivity index (χ3v) is 3.15. The van der Waals surface area contributed by atoms with Crippen molar-refractivity contribution in [3.05, 3.63) is 54.4 Å². The number of aromatic nitrogens is 1. The van der Waals surface area contributed by atoms with Crippen molar-refractivity contribution < 1.29 is 4.79 Å². The summed E-state index contributed by atoms with van der Waals surface area (Å²) in [6, 6.07) is 11.2. The highest BCUT2D eigenvalue weighted by atomic mass is 16.1. The Morgan fingerprint density at radius 3 is 2.33 bits per heavy atom. The van der Waals surface area contributed by atoms with E-state index in [9.17, 15) is 4.79 Å². The number of carbonyl (C=O) groups is 1. The number of hydrogen-bond acceptors (Lipinski definition) is 3. The Hall–Kier alpha value is -2.36. The van der Waals surface area contributed by atoms with Gasteiger partial charge in [-0.1, -0.05) is 13.8 Å². The number of pyridine rings is 1. The first kappa shape index (κ1) is 15.0. The second-order valence-corrected chi connectivity index (χ2v) is 5.51. The van der Waals surface area contributed by atoms with Gasteiger partial charge in [-0.05, 0) is 42.3 Å². The lowest BCUT2D eigenvalue weighted by molar-refractivity contribution is 0.102. The molecular formula is C17H21N3O. The predicted molar refractivity (Wildman–Crippen MR) is 86.7 cm³/mol. The average molecular weight is 283 g/mol. The molecule has 110 valence electrons. The standard InChI is InChI=1S/C17H21N3O/c1-13(2)12-20(3)16-6-4-14(5-7-16)17(21)19-15-8-10-18-11-9-15/h4-11,13H,12H2,1-3H3,(H,18,19,21). The van der Waals surface area contributed by atoms with Crippen LogP contribution in [0.2, 0.25) is 0 Å². The second-order valence-electron chi connectivity index (χ2n) is 5.51. The molecule has 2 rings (SSSR count). The summed E-state index contributed by atoms with van der Waals surface area (Å²) in [5.74, 6) is 0.490. The molecule has 0 saturated carbocycles.